The lowest BCUT2D eigenvalue weighted by molar-refractivity contribution is 0.455. The first kappa shape index (κ1) is 12.5. The van der Waals surface area contributed by atoms with Crippen molar-refractivity contribution in [3.63, 3.8) is 0 Å². The highest BCUT2D eigenvalue weighted by molar-refractivity contribution is 9.10. The Morgan fingerprint density at radius 2 is 2.07 bits per heavy atom. The van der Waals surface area contributed by atoms with Crippen LogP contribution in [0.4, 0.5) is 0 Å². The Kier molecular flexibility index (Phi) is 4.61. The molecular weight excluding hydrogens is 254 g/mol. The van der Waals surface area contributed by atoms with Crippen LogP contribution in [0, 0.1) is 5.92 Å². The van der Waals surface area contributed by atoms with E-state index >= 15 is 0 Å². The third-order valence-corrected chi connectivity index (χ3v) is 3.35. The van der Waals surface area contributed by atoms with Crippen molar-refractivity contribution in [3.8, 4) is 5.75 Å². The normalized spacial score (nSPS) is 13.1. The van der Waals surface area contributed by atoms with Crippen molar-refractivity contribution >= 4 is 15.9 Å². The molecular formula is C12H18BrNO. The summed E-state index contributed by atoms with van der Waals surface area (Å²) in [5, 5.41) is 9.62. The maximum atomic E-state index is 9.62. The largest absolute Gasteiger partial charge is 0.507 e. The van der Waals surface area contributed by atoms with Crippen LogP contribution >= 0.6 is 15.9 Å². The molecule has 2 nitrogen and oxygen atoms in total. The standard InChI is InChI=1S/C12H18BrNO/c1-8(2)10(5-6-14)9-3-4-11(13)12(15)7-9/h3-4,7-8,10,15H,5-6,14H2,1-2H3. The quantitative estimate of drug-likeness (QED) is 0.883. The minimum atomic E-state index is 0.301. The van der Waals surface area contributed by atoms with Crippen LogP contribution in [0.3, 0.4) is 0 Å². The Labute approximate surface area is 99.6 Å². The number of aromatic hydroxyl groups is 1. The summed E-state index contributed by atoms with van der Waals surface area (Å²) in [5.41, 5.74) is 6.76. The van der Waals surface area contributed by atoms with Gasteiger partial charge in [0.2, 0.25) is 0 Å². The molecule has 0 spiro atoms. The van der Waals surface area contributed by atoms with Gasteiger partial charge in [0.25, 0.3) is 0 Å². The average Bonchev–Trinajstić information content (AvgIpc) is 2.18. The molecule has 1 atom stereocenters. The lowest BCUT2D eigenvalue weighted by atomic mass is 9.86. The summed E-state index contributed by atoms with van der Waals surface area (Å²) in [6.45, 7) is 5.04. The molecule has 1 aromatic carbocycles. The Hall–Kier alpha value is -0.540. The Balaban J connectivity index is 2.95. The molecule has 15 heavy (non-hydrogen) atoms. The molecule has 0 aliphatic carbocycles. The highest BCUT2D eigenvalue weighted by atomic mass is 79.9. The Bertz CT molecular complexity index is 325. The number of phenolic OH excluding ortho intramolecular Hbond substituents is 1. The zero-order valence-electron chi connectivity index (χ0n) is 9.20. The lowest BCUT2D eigenvalue weighted by Gasteiger charge is -2.21. The van der Waals surface area contributed by atoms with Crippen LogP contribution in [0.2, 0.25) is 0 Å². The van der Waals surface area contributed by atoms with E-state index in [2.05, 4.69) is 29.8 Å². The van der Waals surface area contributed by atoms with Crippen molar-refractivity contribution in [2.24, 2.45) is 11.7 Å². The molecule has 0 heterocycles. The molecule has 0 aromatic heterocycles. The second-order valence-corrected chi connectivity index (χ2v) is 4.99. The van der Waals surface area contributed by atoms with E-state index < -0.39 is 0 Å². The van der Waals surface area contributed by atoms with Gasteiger partial charge in [-0.05, 0) is 58.4 Å². The van der Waals surface area contributed by atoms with Gasteiger partial charge in [-0.25, -0.2) is 0 Å². The van der Waals surface area contributed by atoms with Crippen molar-refractivity contribution in [2.75, 3.05) is 6.54 Å². The topological polar surface area (TPSA) is 46.2 Å². The number of hydrogen-bond donors (Lipinski definition) is 2. The van der Waals surface area contributed by atoms with Crippen LogP contribution in [0.15, 0.2) is 22.7 Å². The average molecular weight is 272 g/mol. The van der Waals surface area contributed by atoms with Gasteiger partial charge in [0.15, 0.2) is 0 Å². The van der Waals surface area contributed by atoms with Gasteiger partial charge in [-0.3, -0.25) is 0 Å². The van der Waals surface area contributed by atoms with Crippen molar-refractivity contribution in [1.82, 2.24) is 0 Å². The molecule has 84 valence electrons. The van der Waals surface area contributed by atoms with Gasteiger partial charge >= 0.3 is 0 Å². The molecule has 0 saturated carbocycles. The van der Waals surface area contributed by atoms with E-state index in [0.717, 1.165) is 16.5 Å². The zero-order chi connectivity index (χ0) is 11.4. The predicted octanol–water partition coefficient (Wildman–Crippen LogP) is 3.24. The fraction of sp³-hybridized carbons (Fsp3) is 0.500. The molecule has 1 rings (SSSR count). The Morgan fingerprint density at radius 3 is 2.53 bits per heavy atom. The lowest BCUT2D eigenvalue weighted by Crippen LogP contribution is -2.12. The van der Waals surface area contributed by atoms with E-state index in [4.69, 9.17) is 5.73 Å². The molecule has 3 heteroatoms. The summed E-state index contributed by atoms with van der Waals surface area (Å²) >= 11 is 3.28. The van der Waals surface area contributed by atoms with Crippen molar-refractivity contribution in [2.45, 2.75) is 26.2 Å². The van der Waals surface area contributed by atoms with Gasteiger partial charge in [0, 0.05) is 0 Å². The first-order chi connectivity index (χ1) is 7.06. The van der Waals surface area contributed by atoms with E-state index in [1.165, 1.54) is 0 Å². The number of nitrogens with two attached hydrogens (primary N) is 1. The SMILES string of the molecule is CC(C)C(CCN)c1ccc(Br)c(O)c1. The summed E-state index contributed by atoms with van der Waals surface area (Å²) < 4.78 is 0.738. The monoisotopic (exact) mass is 271 g/mol. The number of hydrogen-bond acceptors (Lipinski definition) is 2. The molecule has 0 aliphatic rings. The maximum Gasteiger partial charge on any atom is 0.130 e. The number of rotatable bonds is 4. The van der Waals surface area contributed by atoms with Gasteiger partial charge in [-0.2, -0.15) is 0 Å². The fourth-order valence-electron chi connectivity index (χ4n) is 1.82. The third-order valence-electron chi connectivity index (χ3n) is 2.68. The molecule has 1 aromatic rings. The predicted molar refractivity (Wildman–Crippen MR) is 67.1 cm³/mol. The molecule has 0 radical (unpaired) electrons. The summed E-state index contributed by atoms with van der Waals surface area (Å²) in [5.74, 6) is 1.26. The van der Waals surface area contributed by atoms with Crippen LogP contribution in [-0.2, 0) is 0 Å². The summed E-state index contributed by atoms with van der Waals surface area (Å²) in [6.07, 6.45) is 0.957. The molecule has 0 fully saturated rings. The minimum absolute atomic E-state index is 0.301. The molecule has 0 bridgehead atoms. The molecule has 3 N–H and O–H groups in total. The molecule has 0 amide bonds. The zero-order valence-corrected chi connectivity index (χ0v) is 10.8. The van der Waals surface area contributed by atoms with Crippen LogP contribution in [0.1, 0.15) is 31.7 Å². The summed E-state index contributed by atoms with van der Waals surface area (Å²) in [4.78, 5) is 0. The van der Waals surface area contributed by atoms with Crippen LogP contribution in [0.5, 0.6) is 5.75 Å². The second-order valence-electron chi connectivity index (χ2n) is 4.14. The van der Waals surface area contributed by atoms with E-state index in [9.17, 15) is 5.11 Å². The Morgan fingerprint density at radius 1 is 1.40 bits per heavy atom. The molecule has 0 aliphatic heterocycles. The summed E-state index contributed by atoms with van der Waals surface area (Å²) in [7, 11) is 0. The van der Waals surface area contributed by atoms with Gasteiger partial charge in [-0.1, -0.05) is 19.9 Å². The van der Waals surface area contributed by atoms with Crippen LogP contribution in [0.25, 0.3) is 0 Å². The highest BCUT2D eigenvalue weighted by Crippen LogP contribution is 2.32. The van der Waals surface area contributed by atoms with E-state index in [-0.39, 0.29) is 0 Å². The fourth-order valence-corrected chi connectivity index (χ4v) is 2.07. The molecule has 0 saturated heterocycles. The van der Waals surface area contributed by atoms with Gasteiger partial charge in [0.1, 0.15) is 5.75 Å². The maximum absolute atomic E-state index is 9.62. The van der Waals surface area contributed by atoms with E-state index in [0.29, 0.717) is 24.1 Å². The van der Waals surface area contributed by atoms with Crippen molar-refractivity contribution in [1.29, 1.82) is 0 Å². The van der Waals surface area contributed by atoms with Gasteiger partial charge in [-0.15, -0.1) is 0 Å². The molecule has 1 unspecified atom stereocenters. The van der Waals surface area contributed by atoms with E-state index in [1.54, 1.807) is 0 Å². The first-order valence-electron chi connectivity index (χ1n) is 5.24. The van der Waals surface area contributed by atoms with E-state index in [1.807, 2.05) is 18.2 Å². The minimum Gasteiger partial charge on any atom is -0.507 e. The summed E-state index contributed by atoms with van der Waals surface area (Å²) in [6, 6.07) is 5.76. The number of phenols is 1. The smallest absolute Gasteiger partial charge is 0.130 e. The number of benzene rings is 1. The van der Waals surface area contributed by atoms with Crippen molar-refractivity contribution < 1.29 is 5.11 Å². The van der Waals surface area contributed by atoms with Crippen LogP contribution in [-0.4, -0.2) is 11.7 Å². The first-order valence-corrected chi connectivity index (χ1v) is 6.04. The highest BCUT2D eigenvalue weighted by Gasteiger charge is 2.15. The van der Waals surface area contributed by atoms with Gasteiger partial charge in [0.05, 0.1) is 4.47 Å². The number of halogens is 1. The van der Waals surface area contributed by atoms with Crippen LogP contribution < -0.4 is 5.73 Å². The second kappa shape index (κ2) is 5.52. The van der Waals surface area contributed by atoms with Crippen molar-refractivity contribution in [3.05, 3.63) is 28.2 Å². The third kappa shape index (κ3) is 3.21. The van der Waals surface area contributed by atoms with Gasteiger partial charge < -0.3 is 10.8 Å².